The summed E-state index contributed by atoms with van der Waals surface area (Å²) in [6.07, 6.45) is -12.7. The van der Waals surface area contributed by atoms with Gasteiger partial charge in [-0.3, -0.25) is 9.53 Å². The van der Waals surface area contributed by atoms with E-state index < -0.39 is 29.0 Å². The molecule has 102 valence electrons. The molecule has 0 unspecified atom stereocenters. The van der Waals surface area contributed by atoms with Crippen LogP contribution in [0.15, 0.2) is 0 Å². The highest BCUT2D eigenvalue weighted by molar-refractivity contribution is 9.10. The molecule has 2 nitrogen and oxygen atoms in total. The summed E-state index contributed by atoms with van der Waals surface area (Å²) in [5, 5.41) is 0. The standard InChI is InChI=1S/C5BrF9O2/c6-3(9,10)5(14,15)17-2(8,1(7)16)4(11,12)13/t2-/m0/s1. The van der Waals surface area contributed by atoms with Crippen LogP contribution >= 0.6 is 15.9 Å². The minimum atomic E-state index is -6.60. The zero-order valence-corrected chi connectivity index (χ0v) is 8.68. The molecule has 0 spiro atoms. The highest BCUT2D eigenvalue weighted by atomic mass is 79.9. The summed E-state index contributed by atoms with van der Waals surface area (Å²) in [4.78, 5) is 4.19. The Morgan fingerprint density at radius 3 is 1.47 bits per heavy atom. The first-order valence-corrected chi connectivity index (χ1v) is 4.05. The third-order valence-electron chi connectivity index (χ3n) is 1.22. The lowest BCUT2D eigenvalue weighted by Crippen LogP contribution is -2.55. The lowest BCUT2D eigenvalue weighted by molar-refractivity contribution is -0.422. The van der Waals surface area contributed by atoms with Gasteiger partial charge in [0.15, 0.2) is 0 Å². The molecule has 0 aromatic heterocycles. The quantitative estimate of drug-likeness (QED) is 0.445. The molecule has 0 aromatic carbocycles. The van der Waals surface area contributed by atoms with Crippen molar-refractivity contribution in [3.8, 4) is 0 Å². The summed E-state index contributed by atoms with van der Waals surface area (Å²) in [6.45, 7) is 0. The molecule has 0 heterocycles. The zero-order chi connectivity index (χ0) is 14.3. The third-order valence-corrected chi connectivity index (χ3v) is 1.68. The molecule has 0 radical (unpaired) electrons. The number of carbonyl (C=O) groups is 1. The maximum absolute atomic E-state index is 12.5. The van der Waals surface area contributed by atoms with E-state index in [1.165, 1.54) is 0 Å². The fourth-order valence-electron chi connectivity index (χ4n) is 0.444. The normalized spacial score (nSPS) is 17.8. The number of ether oxygens (including phenoxy) is 1. The van der Waals surface area contributed by atoms with Crippen LogP contribution in [0.25, 0.3) is 0 Å². The first-order valence-electron chi connectivity index (χ1n) is 3.25. The number of hydrogen-bond acceptors (Lipinski definition) is 2. The molecule has 0 saturated heterocycles. The Morgan fingerprint density at radius 2 is 1.29 bits per heavy atom. The predicted molar refractivity (Wildman–Crippen MR) is 35.9 cm³/mol. The van der Waals surface area contributed by atoms with Gasteiger partial charge >= 0.3 is 29.0 Å². The van der Waals surface area contributed by atoms with Crippen molar-refractivity contribution in [3.63, 3.8) is 0 Å². The second-order valence-corrected chi connectivity index (χ2v) is 3.48. The van der Waals surface area contributed by atoms with Gasteiger partial charge in [-0.1, -0.05) is 0 Å². The van der Waals surface area contributed by atoms with Gasteiger partial charge in [-0.2, -0.15) is 39.5 Å². The first-order chi connectivity index (χ1) is 7.15. The lowest BCUT2D eigenvalue weighted by Gasteiger charge is -2.29. The molecule has 0 rings (SSSR count). The number of halogens is 10. The molecule has 0 fully saturated rings. The zero-order valence-electron chi connectivity index (χ0n) is 7.10. The molecule has 0 aliphatic carbocycles. The van der Waals surface area contributed by atoms with Gasteiger partial charge < -0.3 is 0 Å². The van der Waals surface area contributed by atoms with Crippen molar-refractivity contribution >= 4 is 22.0 Å². The molecule has 0 aliphatic rings. The fraction of sp³-hybridized carbons (Fsp3) is 0.800. The number of hydrogen-bond donors (Lipinski definition) is 0. The van der Waals surface area contributed by atoms with Crippen LogP contribution < -0.4 is 0 Å². The molecule has 0 aromatic rings. The van der Waals surface area contributed by atoms with E-state index in [1.54, 1.807) is 0 Å². The van der Waals surface area contributed by atoms with Crippen LogP contribution in [0, 0.1) is 0 Å². The van der Waals surface area contributed by atoms with Gasteiger partial charge in [0.05, 0.1) is 0 Å². The highest BCUT2D eigenvalue weighted by Gasteiger charge is 2.72. The largest absolute Gasteiger partial charge is 0.459 e. The summed E-state index contributed by atoms with van der Waals surface area (Å²) >= 11 is 0.892. The predicted octanol–water partition coefficient (Wildman–Crippen LogP) is 3.31. The number of carbonyl (C=O) groups excluding carboxylic acids is 1. The summed E-state index contributed by atoms with van der Waals surface area (Å²) in [7, 11) is 0. The minimum absolute atomic E-state index is 0.892. The average molecular weight is 343 g/mol. The molecule has 0 saturated carbocycles. The van der Waals surface area contributed by atoms with Gasteiger partial charge in [-0.15, -0.1) is 0 Å². The summed E-state index contributed by atoms with van der Waals surface area (Å²) in [5.41, 5.74) is 0. The van der Waals surface area contributed by atoms with Gasteiger partial charge in [-0.05, 0) is 0 Å². The van der Waals surface area contributed by atoms with E-state index in [4.69, 9.17) is 0 Å². The minimum Gasteiger partial charge on any atom is -0.261 e. The number of rotatable bonds is 4. The summed E-state index contributed by atoms with van der Waals surface area (Å²) < 4.78 is 110. The van der Waals surface area contributed by atoms with Crippen LogP contribution in [-0.4, -0.2) is 29.0 Å². The summed E-state index contributed by atoms with van der Waals surface area (Å²) in [6, 6.07) is -4.04. The van der Waals surface area contributed by atoms with Gasteiger partial charge in [0, 0.05) is 15.9 Å². The van der Waals surface area contributed by atoms with Crippen molar-refractivity contribution in [2.75, 3.05) is 0 Å². The monoisotopic (exact) mass is 342 g/mol. The Bertz CT molecular complexity index is 307. The highest BCUT2D eigenvalue weighted by Crippen LogP contribution is 2.47. The molecule has 0 bridgehead atoms. The van der Waals surface area contributed by atoms with E-state index in [2.05, 4.69) is 0 Å². The van der Waals surface area contributed by atoms with Crippen LogP contribution in [0.5, 0.6) is 0 Å². The maximum atomic E-state index is 12.5. The van der Waals surface area contributed by atoms with Crippen LogP contribution in [0.2, 0.25) is 0 Å². The van der Waals surface area contributed by atoms with Crippen LogP contribution in [0.4, 0.5) is 39.5 Å². The van der Waals surface area contributed by atoms with Crippen molar-refractivity contribution in [1.29, 1.82) is 0 Å². The fourth-order valence-corrected chi connectivity index (χ4v) is 0.525. The third kappa shape index (κ3) is 3.24. The van der Waals surface area contributed by atoms with Crippen molar-refractivity contribution < 1.29 is 49.0 Å². The molecule has 1 atom stereocenters. The van der Waals surface area contributed by atoms with Crippen molar-refractivity contribution in [1.82, 2.24) is 0 Å². The first kappa shape index (κ1) is 16.5. The van der Waals surface area contributed by atoms with Gasteiger partial charge in [0.1, 0.15) is 0 Å². The number of alkyl halides is 9. The van der Waals surface area contributed by atoms with Gasteiger partial charge in [0.25, 0.3) is 0 Å². The SMILES string of the molecule is O=C(F)[C@](F)(OC(F)(F)C(F)(F)Br)C(F)(F)F. The van der Waals surface area contributed by atoms with E-state index in [0.717, 1.165) is 15.9 Å². The van der Waals surface area contributed by atoms with Gasteiger partial charge in [-0.25, -0.2) is 0 Å². The van der Waals surface area contributed by atoms with E-state index in [-0.39, 0.29) is 0 Å². The van der Waals surface area contributed by atoms with Crippen molar-refractivity contribution in [2.24, 2.45) is 0 Å². The van der Waals surface area contributed by atoms with Crippen LogP contribution in [-0.2, 0) is 9.53 Å². The Morgan fingerprint density at radius 1 is 0.941 bits per heavy atom. The second-order valence-electron chi connectivity index (χ2n) is 2.48. The molecular weight excluding hydrogens is 343 g/mol. The Kier molecular flexibility index (Phi) is 4.17. The molecule has 0 amide bonds. The second kappa shape index (κ2) is 4.30. The van der Waals surface area contributed by atoms with Crippen molar-refractivity contribution in [2.45, 2.75) is 23.0 Å². The van der Waals surface area contributed by atoms with E-state index in [0.29, 0.717) is 0 Å². The van der Waals surface area contributed by atoms with Crippen LogP contribution in [0.3, 0.4) is 0 Å². The molecule has 0 aliphatic heterocycles. The van der Waals surface area contributed by atoms with E-state index in [1.807, 2.05) is 4.74 Å². The summed E-state index contributed by atoms with van der Waals surface area (Å²) in [5.74, 6) is -6.19. The molecule has 12 heteroatoms. The smallest absolute Gasteiger partial charge is 0.261 e. The molecular formula is C5BrF9O2. The average Bonchev–Trinajstić information content (AvgIpc) is 1.98. The van der Waals surface area contributed by atoms with Crippen LogP contribution in [0.1, 0.15) is 0 Å². The van der Waals surface area contributed by atoms with Gasteiger partial charge in [0.2, 0.25) is 0 Å². The topological polar surface area (TPSA) is 26.3 Å². The Hall–Kier alpha value is -0.520. The maximum Gasteiger partial charge on any atom is 0.459 e. The van der Waals surface area contributed by atoms with Crippen molar-refractivity contribution in [3.05, 3.63) is 0 Å². The van der Waals surface area contributed by atoms with E-state index >= 15 is 0 Å². The Labute approximate surface area is 94.8 Å². The van der Waals surface area contributed by atoms with E-state index in [9.17, 15) is 44.3 Å². The lowest BCUT2D eigenvalue weighted by atomic mass is 10.3. The molecule has 0 N–H and O–H groups in total. The molecule has 17 heavy (non-hydrogen) atoms. The Balaban J connectivity index is 5.39.